The monoisotopic (exact) mass is 303 g/mol. The third-order valence-electron chi connectivity index (χ3n) is 5.30. The Morgan fingerprint density at radius 2 is 1.82 bits per heavy atom. The Labute approximate surface area is 128 Å². The predicted octanol–water partition coefficient (Wildman–Crippen LogP) is 2.59. The quantitative estimate of drug-likeness (QED) is 0.880. The summed E-state index contributed by atoms with van der Waals surface area (Å²) in [4.78, 5) is 8.28. The van der Waals surface area contributed by atoms with E-state index in [0.29, 0.717) is 29.3 Å². The first kappa shape index (κ1) is 13.7. The van der Waals surface area contributed by atoms with Gasteiger partial charge < -0.3 is 10.4 Å². The lowest BCUT2D eigenvalue weighted by molar-refractivity contribution is 0.0961. The van der Waals surface area contributed by atoms with Gasteiger partial charge in [-0.05, 0) is 59.7 Å². The number of aromatic nitrogens is 4. The minimum Gasteiger partial charge on any atom is -0.491 e. The van der Waals surface area contributed by atoms with Gasteiger partial charge in [0.2, 0.25) is 11.3 Å². The van der Waals surface area contributed by atoms with Crippen LogP contribution in [0.4, 0.5) is 5.82 Å². The van der Waals surface area contributed by atoms with Gasteiger partial charge in [-0.25, -0.2) is 4.63 Å². The fourth-order valence-electron chi connectivity index (χ4n) is 4.57. The molecule has 2 aromatic rings. The van der Waals surface area contributed by atoms with Crippen LogP contribution in [0.3, 0.4) is 0 Å². The van der Waals surface area contributed by atoms with Crippen LogP contribution in [-0.4, -0.2) is 31.4 Å². The van der Waals surface area contributed by atoms with Crippen molar-refractivity contribution < 1.29 is 9.74 Å². The van der Waals surface area contributed by atoms with Crippen molar-refractivity contribution in [3.63, 3.8) is 0 Å². The Morgan fingerprint density at radius 3 is 2.64 bits per heavy atom. The average molecular weight is 303 g/mol. The maximum Gasteiger partial charge on any atom is 0.257 e. The molecule has 2 saturated carbocycles. The van der Waals surface area contributed by atoms with Crippen molar-refractivity contribution in [3.8, 4) is 5.88 Å². The second kappa shape index (κ2) is 5.07. The highest BCUT2D eigenvalue weighted by Crippen LogP contribution is 2.46. The lowest BCUT2D eigenvalue weighted by Crippen LogP contribution is -2.45. The number of aromatic hydroxyl groups is 1. The summed E-state index contributed by atoms with van der Waals surface area (Å²) in [6.07, 6.45) is 5.10. The molecular weight excluding hydrogens is 282 g/mol. The number of hydrogen-bond donors (Lipinski definition) is 2. The van der Waals surface area contributed by atoms with Crippen molar-refractivity contribution in [3.05, 3.63) is 0 Å². The zero-order valence-corrected chi connectivity index (χ0v) is 12.9. The molecule has 0 amide bonds. The summed E-state index contributed by atoms with van der Waals surface area (Å²) in [5.74, 6) is 3.07. The van der Waals surface area contributed by atoms with Gasteiger partial charge in [-0.15, -0.1) is 0 Å². The van der Waals surface area contributed by atoms with E-state index < -0.39 is 0 Å². The van der Waals surface area contributed by atoms with E-state index in [1.807, 2.05) is 0 Å². The Hall–Kier alpha value is -1.92. The number of rotatable bonds is 2. The van der Waals surface area contributed by atoms with Gasteiger partial charge in [0, 0.05) is 6.04 Å². The van der Waals surface area contributed by atoms with E-state index in [1.165, 1.54) is 25.7 Å². The first-order valence-corrected chi connectivity index (χ1v) is 8.06. The Balaban J connectivity index is 1.61. The van der Waals surface area contributed by atoms with E-state index in [2.05, 4.69) is 44.1 Å². The molecule has 118 valence electrons. The van der Waals surface area contributed by atoms with E-state index >= 15 is 0 Å². The van der Waals surface area contributed by atoms with Crippen LogP contribution in [0.2, 0.25) is 0 Å². The molecule has 5 unspecified atom stereocenters. The van der Waals surface area contributed by atoms with E-state index in [4.69, 9.17) is 0 Å². The fourth-order valence-corrected chi connectivity index (χ4v) is 4.57. The molecule has 0 aromatic carbocycles. The summed E-state index contributed by atoms with van der Waals surface area (Å²) in [6, 6.07) is 0.316. The summed E-state index contributed by atoms with van der Waals surface area (Å²) in [7, 11) is 0. The van der Waals surface area contributed by atoms with Crippen LogP contribution in [0.1, 0.15) is 39.5 Å². The molecule has 2 fully saturated rings. The first-order valence-electron chi connectivity index (χ1n) is 8.06. The normalized spacial score (nSPS) is 34.7. The van der Waals surface area contributed by atoms with Crippen molar-refractivity contribution in [2.45, 2.75) is 45.6 Å². The number of fused-ring (bicyclic) bond motifs is 3. The lowest BCUT2D eigenvalue weighted by Gasteiger charge is -2.46. The second-order valence-electron chi connectivity index (χ2n) is 7.13. The number of anilines is 1. The molecule has 0 radical (unpaired) electrons. The van der Waals surface area contributed by atoms with Crippen molar-refractivity contribution in [2.24, 2.45) is 23.7 Å². The second-order valence-corrected chi connectivity index (χ2v) is 7.13. The Kier molecular flexibility index (Phi) is 3.16. The van der Waals surface area contributed by atoms with E-state index in [-0.39, 0.29) is 11.5 Å². The maximum atomic E-state index is 10.1. The highest BCUT2D eigenvalue weighted by molar-refractivity contribution is 5.68. The molecular formula is C15H21N5O2. The SMILES string of the molecule is CC1CC2CC(C)C(Nc3nc4nonc4nc3O)C(C1)C2. The molecule has 7 heteroatoms. The van der Waals surface area contributed by atoms with E-state index in [0.717, 1.165) is 11.8 Å². The first-order chi connectivity index (χ1) is 10.6. The molecule has 5 atom stereocenters. The maximum absolute atomic E-state index is 10.1. The van der Waals surface area contributed by atoms with Crippen molar-refractivity contribution in [1.82, 2.24) is 20.3 Å². The Morgan fingerprint density at radius 1 is 1.05 bits per heavy atom. The third-order valence-corrected chi connectivity index (χ3v) is 5.30. The zero-order chi connectivity index (χ0) is 15.3. The topological polar surface area (TPSA) is 97.0 Å². The molecule has 2 bridgehead atoms. The van der Waals surface area contributed by atoms with Crippen LogP contribution in [-0.2, 0) is 0 Å². The molecule has 0 spiro atoms. The minimum absolute atomic E-state index is 0.138. The van der Waals surface area contributed by atoms with Crippen LogP contribution in [0.5, 0.6) is 5.88 Å². The van der Waals surface area contributed by atoms with Gasteiger partial charge in [-0.2, -0.15) is 9.97 Å². The van der Waals surface area contributed by atoms with Gasteiger partial charge in [0.25, 0.3) is 5.88 Å². The molecule has 2 N–H and O–H groups in total. The van der Waals surface area contributed by atoms with Crippen molar-refractivity contribution >= 4 is 17.1 Å². The van der Waals surface area contributed by atoms with Gasteiger partial charge >= 0.3 is 0 Å². The lowest BCUT2D eigenvalue weighted by atomic mass is 9.63. The highest BCUT2D eigenvalue weighted by atomic mass is 16.6. The summed E-state index contributed by atoms with van der Waals surface area (Å²) >= 11 is 0. The third kappa shape index (κ3) is 2.28. The number of hydrogen-bond acceptors (Lipinski definition) is 7. The molecule has 0 saturated heterocycles. The minimum atomic E-state index is -0.138. The number of nitrogens with one attached hydrogen (secondary N) is 1. The predicted molar refractivity (Wildman–Crippen MR) is 80.2 cm³/mol. The van der Waals surface area contributed by atoms with Crippen molar-refractivity contribution in [1.29, 1.82) is 0 Å². The average Bonchev–Trinajstić information content (AvgIpc) is 2.89. The van der Waals surface area contributed by atoms with E-state index in [1.54, 1.807) is 0 Å². The van der Waals surface area contributed by atoms with Gasteiger partial charge in [-0.3, -0.25) is 0 Å². The molecule has 2 heterocycles. The van der Waals surface area contributed by atoms with Crippen LogP contribution >= 0.6 is 0 Å². The molecule has 7 nitrogen and oxygen atoms in total. The highest BCUT2D eigenvalue weighted by Gasteiger charge is 2.40. The zero-order valence-electron chi connectivity index (χ0n) is 12.9. The molecule has 4 rings (SSSR count). The van der Waals surface area contributed by atoms with Crippen LogP contribution in [0.25, 0.3) is 11.3 Å². The molecule has 2 aliphatic carbocycles. The summed E-state index contributed by atoms with van der Waals surface area (Å²) in [6.45, 7) is 4.63. The standard InChI is InChI=1S/C15H21N5O2/c1-7-3-9-5-8(2)11(10(4-7)6-9)16-14-15(21)18-13-12(17-14)19-22-20-13/h7-11H,3-6H2,1-2H3,(H,16,17,19)(H,18,20,21). The summed E-state index contributed by atoms with van der Waals surface area (Å²) in [5.41, 5.74) is 0.546. The molecule has 22 heavy (non-hydrogen) atoms. The smallest absolute Gasteiger partial charge is 0.257 e. The summed E-state index contributed by atoms with van der Waals surface area (Å²) < 4.78 is 4.60. The summed E-state index contributed by atoms with van der Waals surface area (Å²) in [5, 5.41) is 20.8. The molecule has 2 aromatic heterocycles. The van der Waals surface area contributed by atoms with Gasteiger partial charge in [0.15, 0.2) is 5.82 Å². The van der Waals surface area contributed by atoms with Crippen LogP contribution in [0.15, 0.2) is 4.63 Å². The van der Waals surface area contributed by atoms with Gasteiger partial charge in [-0.1, -0.05) is 13.8 Å². The molecule has 0 aliphatic heterocycles. The van der Waals surface area contributed by atoms with Crippen LogP contribution in [0, 0.1) is 23.7 Å². The number of nitrogens with zero attached hydrogens (tertiary/aromatic N) is 4. The largest absolute Gasteiger partial charge is 0.491 e. The molecule has 2 aliphatic rings. The fraction of sp³-hybridized carbons (Fsp3) is 0.733. The Bertz CT molecular complexity index is 684. The van der Waals surface area contributed by atoms with Gasteiger partial charge in [0.1, 0.15) is 0 Å². The van der Waals surface area contributed by atoms with Gasteiger partial charge in [0.05, 0.1) is 0 Å². The van der Waals surface area contributed by atoms with Crippen molar-refractivity contribution in [2.75, 3.05) is 5.32 Å². The van der Waals surface area contributed by atoms with Crippen LogP contribution < -0.4 is 5.32 Å². The van der Waals surface area contributed by atoms with E-state index in [9.17, 15) is 5.11 Å².